The molecule has 0 amide bonds. The van der Waals surface area contributed by atoms with E-state index in [1.807, 2.05) is 6.07 Å². The average Bonchev–Trinajstić information content (AvgIpc) is 3.53. The third kappa shape index (κ3) is 4.25. The van der Waals surface area contributed by atoms with Crippen LogP contribution in [0.15, 0.2) is 174 Å². The summed E-state index contributed by atoms with van der Waals surface area (Å²) >= 11 is 0. The van der Waals surface area contributed by atoms with Crippen LogP contribution in [-0.2, 0) is 0 Å². The van der Waals surface area contributed by atoms with Crippen molar-refractivity contribution in [3.63, 3.8) is 0 Å². The molecule has 0 aliphatic rings. The molecule has 0 saturated carbocycles. The number of anilines is 3. The first-order valence-corrected chi connectivity index (χ1v) is 15.6. The van der Waals surface area contributed by atoms with Gasteiger partial charge in [-0.05, 0) is 53.6 Å². The van der Waals surface area contributed by atoms with Crippen LogP contribution in [0.2, 0.25) is 0 Å². The highest BCUT2D eigenvalue weighted by molar-refractivity contribution is 6.30. The van der Waals surface area contributed by atoms with Crippen molar-refractivity contribution in [2.75, 3.05) is 4.90 Å². The minimum absolute atomic E-state index is 0.847. The van der Waals surface area contributed by atoms with Gasteiger partial charge in [-0.25, -0.2) is 4.98 Å². The van der Waals surface area contributed by atoms with Crippen LogP contribution in [0.5, 0.6) is 0 Å². The van der Waals surface area contributed by atoms with Crippen molar-refractivity contribution in [3.8, 4) is 22.4 Å². The summed E-state index contributed by atoms with van der Waals surface area (Å²) < 4.78 is 6.84. The van der Waals surface area contributed by atoms with Crippen molar-refractivity contribution in [2.24, 2.45) is 0 Å². The van der Waals surface area contributed by atoms with Gasteiger partial charge in [0.05, 0.1) is 16.9 Å². The molecule has 2 aromatic heterocycles. The van der Waals surface area contributed by atoms with Crippen LogP contribution in [0.1, 0.15) is 0 Å². The van der Waals surface area contributed by atoms with Gasteiger partial charge in [0.1, 0.15) is 5.58 Å². The Hall–Kier alpha value is -6.19. The van der Waals surface area contributed by atoms with E-state index >= 15 is 0 Å². The number of nitrogens with zero attached hydrogens (tertiary/aromatic N) is 2. The molecule has 0 bridgehead atoms. The molecule has 0 saturated heterocycles. The van der Waals surface area contributed by atoms with Gasteiger partial charge < -0.3 is 9.32 Å². The Bertz CT molecular complexity index is 2500. The minimum Gasteiger partial charge on any atom is -0.454 e. The number of hydrogen-bond acceptors (Lipinski definition) is 3. The lowest BCUT2D eigenvalue weighted by atomic mass is 9.95. The van der Waals surface area contributed by atoms with Crippen molar-refractivity contribution < 1.29 is 4.42 Å². The van der Waals surface area contributed by atoms with E-state index in [4.69, 9.17) is 9.40 Å². The fraction of sp³-hybridized carbons (Fsp3) is 0. The highest BCUT2D eigenvalue weighted by atomic mass is 16.3. The molecule has 0 spiro atoms. The van der Waals surface area contributed by atoms with Crippen molar-refractivity contribution in [2.45, 2.75) is 0 Å². The molecule has 0 aliphatic carbocycles. The summed E-state index contributed by atoms with van der Waals surface area (Å²) in [4.78, 5) is 7.60. The zero-order chi connectivity index (χ0) is 30.5. The third-order valence-corrected chi connectivity index (χ3v) is 8.82. The molecule has 2 heterocycles. The van der Waals surface area contributed by atoms with Crippen LogP contribution < -0.4 is 4.90 Å². The van der Waals surface area contributed by atoms with E-state index in [1.165, 1.54) is 11.1 Å². The summed E-state index contributed by atoms with van der Waals surface area (Å²) in [6, 6.07) is 59.4. The fourth-order valence-electron chi connectivity index (χ4n) is 6.73. The van der Waals surface area contributed by atoms with Gasteiger partial charge in [0.15, 0.2) is 5.58 Å². The van der Waals surface area contributed by atoms with Crippen LogP contribution >= 0.6 is 0 Å². The molecule has 7 aromatic carbocycles. The van der Waals surface area contributed by atoms with Crippen molar-refractivity contribution >= 4 is 60.7 Å². The predicted molar refractivity (Wildman–Crippen MR) is 192 cm³/mol. The Labute approximate surface area is 266 Å². The number of fused-ring (bicyclic) bond motifs is 7. The van der Waals surface area contributed by atoms with E-state index in [1.54, 1.807) is 0 Å². The number of para-hydroxylation sites is 3. The summed E-state index contributed by atoms with van der Waals surface area (Å²) in [5, 5.41) is 5.54. The van der Waals surface area contributed by atoms with Gasteiger partial charge in [-0.15, -0.1) is 0 Å². The van der Waals surface area contributed by atoms with Crippen molar-refractivity contribution in [1.82, 2.24) is 4.98 Å². The quantitative estimate of drug-likeness (QED) is 0.187. The van der Waals surface area contributed by atoms with Crippen LogP contribution in [0.3, 0.4) is 0 Å². The molecule has 0 unspecified atom stereocenters. The van der Waals surface area contributed by atoms with Gasteiger partial charge >= 0.3 is 0 Å². The zero-order valence-electron chi connectivity index (χ0n) is 25.0. The first-order chi connectivity index (χ1) is 22.8. The number of aromatic nitrogens is 1. The summed E-state index contributed by atoms with van der Waals surface area (Å²) in [6.07, 6.45) is 0. The molecule has 0 aliphatic heterocycles. The highest BCUT2D eigenvalue weighted by Gasteiger charge is 2.24. The summed E-state index contributed by atoms with van der Waals surface area (Å²) in [5.74, 6) is 0. The Balaban J connectivity index is 1.41. The summed E-state index contributed by atoms with van der Waals surface area (Å²) in [6.45, 7) is 0. The van der Waals surface area contributed by atoms with Crippen LogP contribution in [0.4, 0.5) is 17.1 Å². The van der Waals surface area contributed by atoms with Crippen LogP contribution in [-0.4, -0.2) is 4.98 Å². The molecule has 0 fully saturated rings. The third-order valence-electron chi connectivity index (χ3n) is 8.82. The van der Waals surface area contributed by atoms with Crippen molar-refractivity contribution in [1.29, 1.82) is 0 Å². The Morgan fingerprint density at radius 2 is 1.00 bits per heavy atom. The topological polar surface area (TPSA) is 29.3 Å². The highest BCUT2D eigenvalue weighted by Crippen LogP contribution is 2.48. The molecule has 0 N–H and O–H groups in total. The van der Waals surface area contributed by atoms with E-state index in [9.17, 15) is 0 Å². The molecule has 46 heavy (non-hydrogen) atoms. The number of pyridine rings is 1. The number of rotatable bonds is 5. The first-order valence-electron chi connectivity index (χ1n) is 15.6. The predicted octanol–water partition coefficient (Wildman–Crippen LogP) is 12.1. The lowest BCUT2D eigenvalue weighted by Gasteiger charge is -2.26. The monoisotopic (exact) mass is 588 g/mol. The zero-order valence-corrected chi connectivity index (χ0v) is 25.0. The maximum absolute atomic E-state index is 6.84. The second kappa shape index (κ2) is 10.8. The van der Waals surface area contributed by atoms with Gasteiger partial charge in [0.25, 0.3) is 0 Å². The fourth-order valence-corrected chi connectivity index (χ4v) is 6.73. The molecule has 9 aromatic rings. The van der Waals surface area contributed by atoms with E-state index in [0.29, 0.717) is 0 Å². The lowest BCUT2D eigenvalue weighted by molar-refractivity contribution is 0.669. The standard InChI is InChI=1S/C43H28N2O/c1-4-14-29(15-5-1)30-24-26-33(27-25-30)45(32-18-8-3-9-19-32)38-28-36-40(41-35-21-11-13-23-39(35)46-43(38)41)34-20-10-12-22-37(34)44-42(36)31-16-6-2-7-17-31/h1-28H. The Morgan fingerprint density at radius 1 is 0.435 bits per heavy atom. The number of furan rings is 1. The van der Waals surface area contributed by atoms with Crippen molar-refractivity contribution in [3.05, 3.63) is 170 Å². The molecule has 3 nitrogen and oxygen atoms in total. The molecule has 0 atom stereocenters. The summed E-state index contributed by atoms with van der Waals surface area (Å²) in [5.41, 5.74) is 10.1. The van der Waals surface area contributed by atoms with Gasteiger partial charge in [-0.3, -0.25) is 0 Å². The normalized spacial score (nSPS) is 11.5. The second-order valence-corrected chi connectivity index (χ2v) is 11.5. The minimum atomic E-state index is 0.847. The molecular weight excluding hydrogens is 560 g/mol. The molecular formula is C43H28N2O. The Kier molecular flexibility index (Phi) is 6.14. The van der Waals surface area contributed by atoms with Gasteiger partial charge in [-0.1, -0.05) is 127 Å². The van der Waals surface area contributed by atoms with E-state index < -0.39 is 0 Å². The first kappa shape index (κ1) is 26.2. The molecule has 216 valence electrons. The molecule has 9 rings (SSSR count). The maximum atomic E-state index is 6.84. The van der Waals surface area contributed by atoms with E-state index in [2.05, 4.69) is 169 Å². The average molecular weight is 589 g/mol. The smallest absolute Gasteiger partial charge is 0.160 e. The second-order valence-electron chi connectivity index (χ2n) is 11.5. The number of benzene rings is 7. The van der Waals surface area contributed by atoms with Crippen LogP contribution in [0.25, 0.3) is 66.0 Å². The summed E-state index contributed by atoms with van der Waals surface area (Å²) in [7, 11) is 0. The SMILES string of the molecule is c1ccc(-c2ccc(N(c3ccccc3)c3cc4c(-c5ccccc5)nc5ccccc5c4c4c3oc3ccccc34)cc2)cc1. The molecule has 0 radical (unpaired) electrons. The molecule has 3 heteroatoms. The van der Waals surface area contributed by atoms with Gasteiger partial charge in [0.2, 0.25) is 0 Å². The lowest BCUT2D eigenvalue weighted by Crippen LogP contribution is -2.10. The van der Waals surface area contributed by atoms with E-state index in [0.717, 1.165) is 71.9 Å². The van der Waals surface area contributed by atoms with Crippen LogP contribution in [0, 0.1) is 0 Å². The number of hydrogen-bond donors (Lipinski definition) is 0. The van der Waals surface area contributed by atoms with Gasteiger partial charge in [-0.2, -0.15) is 0 Å². The maximum Gasteiger partial charge on any atom is 0.160 e. The van der Waals surface area contributed by atoms with E-state index in [-0.39, 0.29) is 0 Å². The Morgan fingerprint density at radius 3 is 1.74 bits per heavy atom. The van der Waals surface area contributed by atoms with Gasteiger partial charge in [0, 0.05) is 43.9 Å². The largest absolute Gasteiger partial charge is 0.454 e.